The summed E-state index contributed by atoms with van der Waals surface area (Å²) in [5.41, 5.74) is 0.744. The summed E-state index contributed by atoms with van der Waals surface area (Å²) < 4.78 is 5.53. The van der Waals surface area contributed by atoms with Gasteiger partial charge in [-0.2, -0.15) is 0 Å². The maximum Gasteiger partial charge on any atom is 0.322 e. The third-order valence-electron chi connectivity index (χ3n) is 4.24. The summed E-state index contributed by atoms with van der Waals surface area (Å²) in [4.78, 5) is 16.6. The number of amides is 2. The number of benzene rings is 1. The molecule has 1 aromatic rings. The molecule has 114 valence electrons. The summed E-state index contributed by atoms with van der Waals surface area (Å²) in [6, 6.07) is 8.09. The zero-order chi connectivity index (χ0) is 14.7. The largest absolute Gasteiger partial charge is 0.492 e. The van der Waals surface area contributed by atoms with Crippen molar-refractivity contribution < 1.29 is 9.53 Å². The third kappa shape index (κ3) is 3.13. The van der Waals surface area contributed by atoms with Crippen molar-refractivity contribution >= 4 is 11.7 Å². The van der Waals surface area contributed by atoms with Crippen LogP contribution in [0, 0.1) is 0 Å². The molecule has 0 spiro atoms. The molecule has 21 heavy (non-hydrogen) atoms. The molecule has 2 heterocycles. The molecule has 0 aliphatic carbocycles. The fourth-order valence-corrected chi connectivity index (χ4v) is 3.00. The number of urea groups is 1. The Morgan fingerprint density at radius 1 is 1.29 bits per heavy atom. The van der Waals surface area contributed by atoms with Crippen molar-refractivity contribution in [2.24, 2.45) is 0 Å². The van der Waals surface area contributed by atoms with Crippen LogP contribution in [0.1, 0.15) is 19.8 Å². The smallest absolute Gasteiger partial charge is 0.322 e. The summed E-state index contributed by atoms with van der Waals surface area (Å²) in [6.07, 6.45) is 2.59. The van der Waals surface area contributed by atoms with Crippen LogP contribution in [0.15, 0.2) is 24.3 Å². The van der Waals surface area contributed by atoms with Crippen molar-refractivity contribution in [1.29, 1.82) is 0 Å². The summed E-state index contributed by atoms with van der Waals surface area (Å²) in [7, 11) is 0. The first-order chi connectivity index (χ1) is 10.3. The zero-order valence-corrected chi connectivity index (χ0v) is 12.5. The van der Waals surface area contributed by atoms with Gasteiger partial charge >= 0.3 is 6.03 Å². The van der Waals surface area contributed by atoms with Gasteiger partial charge in [-0.15, -0.1) is 0 Å². The second-order valence-corrected chi connectivity index (χ2v) is 5.66. The van der Waals surface area contributed by atoms with Crippen LogP contribution in [-0.4, -0.2) is 54.7 Å². The number of hydrogen-bond donors (Lipinski definition) is 1. The molecule has 0 aromatic heterocycles. The summed E-state index contributed by atoms with van der Waals surface area (Å²) in [6.45, 7) is 6.58. The summed E-state index contributed by atoms with van der Waals surface area (Å²) >= 11 is 0. The van der Waals surface area contributed by atoms with E-state index in [1.54, 1.807) is 0 Å². The predicted molar refractivity (Wildman–Crippen MR) is 82.8 cm³/mol. The van der Waals surface area contributed by atoms with Gasteiger partial charge in [0.25, 0.3) is 0 Å². The highest BCUT2D eigenvalue weighted by atomic mass is 16.5. The van der Waals surface area contributed by atoms with Gasteiger partial charge in [-0.05, 0) is 45.0 Å². The topological polar surface area (TPSA) is 44.8 Å². The quantitative estimate of drug-likeness (QED) is 0.925. The number of likely N-dealkylation sites (tertiary alicyclic amines) is 2. The van der Waals surface area contributed by atoms with Crippen LogP contribution in [0.25, 0.3) is 0 Å². The van der Waals surface area contributed by atoms with Crippen LogP contribution in [0.2, 0.25) is 0 Å². The first kappa shape index (κ1) is 14.2. The number of anilines is 1. The van der Waals surface area contributed by atoms with Gasteiger partial charge in [-0.1, -0.05) is 12.1 Å². The van der Waals surface area contributed by atoms with E-state index >= 15 is 0 Å². The van der Waals surface area contributed by atoms with Crippen molar-refractivity contribution in [2.45, 2.75) is 25.8 Å². The molecule has 2 fully saturated rings. The Hall–Kier alpha value is -1.75. The molecule has 0 radical (unpaired) electrons. The van der Waals surface area contributed by atoms with Gasteiger partial charge in [0, 0.05) is 19.1 Å². The molecule has 0 unspecified atom stereocenters. The minimum atomic E-state index is -0.0300. The molecule has 2 saturated heterocycles. The van der Waals surface area contributed by atoms with Gasteiger partial charge < -0.3 is 15.0 Å². The average molecular weight is 289 g/mol. The van der Waals surface area contributed by atoms with E-state index in [9.17, 15) is 4.79 Å². The molecule has 5 nitrogen and oxygen atoms in total. The monoisotopic (exact) mass is 289 g/mol. The highest BCUT2D eigenvalue weighted by molar-refractivity contribution is 5.91. The van der Waals surface area contributed by atoms with Gasteiger partial charge in [0.15, 0.2) is 0 Å². The van der Waals surface area contributed by atoms with E-state index in [1.807, 2.05) is 36.1 Å². The van der Waals surface area contributed by atoms with Crippen molar-refractivity contribution in [1.82, 2.24) is 9.80 Å². The van der Waals surface area contributed by atoms with Crippen LogP contribution in [0.5, 0.6) is 5.75 Å². The molecule has 1 aromatic carbocycles. The van der Waals surface area contributed by atoms with Crippen LogP contribution < -0.4 is 10.1 Å². The molecule has 5 heteroatoms. The van der Waals surface area contributed by atoms with Crippen molar-refractivity contribution in [3.63, 3.8) is 0 Å². The minimum Gasteiger partial charge on any atom is -0.492 e. The number of carbonyl (C=O) groups excluding carboxylic acids is 1. The maximum atomic E-state index is 12.3. The lowest BCUT2D eigenvalue weighted by Gasteiger charge is -2.43. The number of carbonyl (C=O) groups is 1. The number of nitrogens with zero attached hydrogens (tertiary/aromatic N) is 2. The van der Waals surface area contributed by atoms with E-state index in [-0.39, 0.29) is 6.03 Å². The van der Waals surface area contributed by atoms with Crippen LogP contribution in [0.3, 0.4) is 0 Å². The minimum absolute atomic E-state index is 0.0300. The van der Waals surface area contributed by atoms with Crippen LogP contribution in [-0.2, 0) is 0 Å². The lowest BCUT2D eigenvalue weighted by atomic mass is 10.1. The molecule has 3 rings (SSSR count). The van der Waals surface area contributed by atoms with E-state index in [2.05, 4.69) is 10.2 Å². The first-order valence-electron chi connectivity index (χ1n) is 7.79. The summed E-state index contributed by atoms with van der Waals surface area (Å²) in [5.74, 6) is 0.727. The van der Waals surface area contributed by atoms with Crippen LogP contribution in [0.4, 0.5) is 10.5 Å². The maximum absolute atomic E-state index is 12.3. The van der Waals surface area contributed by atoms with E-state index in [1.165, 1.54) is 25.9 Å². The lowest BCUT2D eigenvalue weighted by molar-refractivity contribution is 0.0775. The predicted octanol–water partition coefficient (Wildman–Crippen LogP) is 2.40. The molecule has 1 N–H and O–H groups in total. The fourth-order valence-electron chi connectivity index (χ4n) is 3.00. The fraction of sp³-hybridized carbons (Fsp3) is 0.562. The Balaban J connectivity index is 1.53. The highest BCUT2D eigenvalue weighted by Gasteiger charge is 2.35. The Morgan fingerprint density at radius 2 is 2.00 bits per heavy atom. The van der Waals surface area contributed by atoms with E-state index in [0.29, 0.717) is 12.6 Å². The second-order valence-electron chi connectivity index (χ2n) is 5.66. The van der Waals surface area contributed by atoms with Gasteiger partial charge in [-0.25, -0.2) is 4.79 Å². The van der Waals surface area contributed by atoms with Crippen LogP contribution >= 0.6 is 0 Å². The molecular weight excluding hydrogens is 266 g/mol. The number of rotatable bonds is 4. The summed E-state index contributed by atoms with van der Waals surface area (Å²) in [5, 5.41) is 2.95. The Morgan fingerprint density at radius 3 is 2.71 bits per heavy atom. The Bertz CT molecular complexity index is 494. The van der Waals surface area contributed by atoms with Crippen molar-refractivity contribution in [3.8, 4) is 5.75 Å². The van der Waals surface area contributed by atoms with Gasteiger partial charge in [0.2, 0.25) is 0 Å². The van der Waals surface area contributed by atoms with Gasteiger partial charge in [-0.3, -0.25) is 4.90 Å². The Labute approximate surface area is 125 Å². The molecule has 0 bridgehead atoms. The molecular formula is C16H23N3O2. The molecule has 2 amide bonds. The van der Waals surface area contributed by atoms with Gasteiger partial charge in [0.05, 0.1) is 12.3 Å². The third-order valence-corrected chi connectivity index (χ3v) is 4.24. The van der Waals surface area contributed by atoms with E-state index in [0.717, 1.165) is 24.5 Å². The van der Waals surface area contributed by atoms with Crippen molar-refractivity contribution in [3.05, 3.63) is 24.3 Å². The Kier molecular flexibility index (Phi) is 4.29. The van der Waals surface area contributed by atoms with E-state index in [4.69, 9.17) is 4.74 Å². The average Bonchev–Trinajstić information content (AvgIpc) is 2.93. The molecule has 2 aliphatic heterocycles. The van der Waals surface area contributed by atoms with E-state index < -0.39 is 0 Å². The molecule has 2 aliphatic rings. The molecule has 0 atom stereocenters. The highest BCUT2D eigenvalue weighted by Crippen LogP contribution is 2.25. The first-order valence-corrected chi connectivity index (χ1v) is 7.79. The normalized spacial score (nSPS) is 19.4. The van der Waals surface area contributed by atoms with Crippen molar-refractivity contribution in [2.75, 3.05) is 38.1 Å². The lowest BCUT2D eigenvalue weighted by Crippen LogP contribution is -2.61. The second kappa shape index (κ2) is 6.35. The SMILES string of the molecule is CCOc1ccccc1NC(=O)N1CC(N2CCCC2)C1. The number of ether oxygens (including phenoxy) is 1. The zero-order valence-electron chi connectivity index (χ0n) is 12.5. The number of nitrogens with one attached hydrogen (secondary N) is 1. The number of para-hydroxylation sites is 2. The molecule has 0 saturated carbocycles. The standard InChI is InChI=1S/C16H23N3O2/c1-2-21-15-8-4-3-7-14(15)17-16(20)19-11-13(12-19)18-9-5-6-10-18/h3-4,7-8,13H,2,5-6,9-12H2,1H3,(H,17,20). The number of hydrogen-bond acceptors (Lipinski definition) is 3. The van der Waals surface area contributed by atoms with Gasteiger partial charge in [0.1, 0.15) is 5.75 Å².